The third-order valence-corrected chi connectivity index (χ3v) is 2.73. The van der Waals surface area contributed by atoms with Crippen LogP contribution in [-0.2, 0) is 6.54 Å². The molecule has 1 aromatic heterocycles. The van der Waals surface area contributed by atoms with Gasteiger partial charge in [-0.05, 0) is 13.1 Å². The Labute approximate surface area is 89.7 Å². The smallest absolute Gasteiger partial charge is 0.0880 e. The SMILES string of the molecule is CCN(CC)CCNCc1cnsn1. The molecule has 0 radical (unpaired) electrons. The van der Waals surface area contributed by atoms with Crippen LogP contribution in [0.3, 0.4) is 0 Å². The summed E-state index contributed by atoms with van der Waals surface area (Å²) in [6.45, 7) is 9.57. The minimum Gasteiger partial charge on any atom is -0.310 e. The lowest BCUT2D eigenvalue weighted by molar-refractivity contribution is 0.302. The molecule has 4 nitrogen and oxygen atoms in total. The van der Waals surface area contributed by atoms with Crippen molar-refractivity contribution in [3.63, 3.8) is 0 Å². The molecule has 0 aliphatic heterocycles. The Balaban J connectivity index is 2.04. The van der Waals surface area contributed by atoms with Crippen LogP contribution in [0.25, 0.3) is 0 Å². The predicted octanol–water partition coefficient (Wildman–Crippen LogP) is 0.969. The lowest BCUT2D eigenvalue weighted by Crippen LogP contribution is -2.31. The summed E-state index contributed by atoms with van der Waals surface area (Å²) in [7, 11) is 0. The second-order valence-electron chi connectivity index (χ2n) is 3.10. The molecule has 0 bridgehead atoms. The molecule has 1 rings (SSSR count). The molecule has 0 aliphatic rings. The number of nitrogens with one attached hydrogen (secondary N) is 1. The molecule has 1 N–H and O–H groups in total. The van der Waals surface area contributed by atoms with E-state index in [4.69, 9.17) is 0 Å². The first-order valence-corrected chi connectivity index (χ1v) is 5.79. The van der Waals surface area contributed by atoms with Gasteiger partial charge in [0.1, 0.15) is 0 Å². The van der Waals surface area contributed by atoms with Crippen LogP contribution < -0.4 is 5.32 Å². The molecule has 0 saturated heterocycles. The molecule has 1 aromatic rings. The third kappa shape index (κ3) is 4.13. The summed E-state index contributed by atoms with van der Waals surface area (Å²) in [4.78, 5) is 2.40. The minimum atomic E-state index is 0.831. The van der Waals surface area contributed by atoms with Gasteiger partial charge in [0.05, 0.1) is 23.6 Å². The summed E-state index contributed by atoms with van der Waals surface area (Å²) in [5, 5.41) is 3.35. The van der Waals surface area contributed by atoms with Gasteiger partial charge in [0.2, 0.25) is 0 Å². The van der Waals surface area contributed by atoms with E-state index in [0.29, 0.717) is 0 Å². The molecule has 1 heterocycles. The van der Waals surface area contributed by atoms with Crippen molar-refractivity contribution in [3.05, 3.63) is 11.9 Å². The molecule has 0 amide bonds. The van der Waals surface area contributed by atoms with Crippen molar-refractivity contribution in [3.8, 4) is 0 Å². The highest BCUT2D eigenvalue weighted by Crippen LogP contribution is 1.93. The van der Waals surface area contributed by atoms with Crippen LogP contribution >= 0.6 is 11.7 Å². The highest BCUT2D eigenvalue weighted by Gasteiger charge is 1.98. The number of aromatic nitrogens is 2. The van der Waals surface area contributed by atoms with Crippen molar-refractivity contribution in [1.82, 2.24) is 19.0 Å². The van der Waals surface area contributed by atoms with Crippen LogP contribution in [0.2, 0.25) is 0 Å². The van der Waals surface area contributed by atoms with Gasteiger partial charge in [-0.15, -0.1) is 0 Å². The Morgan fingerprint density at radius 1 is 1.43 bits per heavy atom. The Hall–Kier alpha value is -0.520. The maximum absolute atomic E-state index is 4.13. The zero-order chi connectivity index (χ0) is 10.2. The molecule has 0 fully saturated rings. The standard InChI is InChI=1S/C9H18N4S/c1-3-13(4-2)6-5-10-7-9-8-11-14-12-9/h8,10H,3-7H2,1-2H3. The maximum atomic E-state index is 4.13. The molecule has 0 aliphatic carbocycles. The maximum Gasteiger partial charge on any atom is 0.0880 e. The predicted molar refractivity (Wildman–Crippen MR) is 59.4 cm³/mol. The Kier molecular flexibility index (Phi) is 5.66. The zero-order valence-corrected chi connectivity index (χ0v) is 9.68. The van der Waals surface area contributed by atoms with E-state index in [9.17, 15) is 0 Å². The molecule has 0 aromatic carbocycles. The quantitative estimate of drug-likeness (QED) is 0.687. The lowest BCUT2D eigenvalue weighted by atomic mass is 10.4. The van der Waals surface area contributed by atoms with E-state index in [1.54, 1.807) is 0 Å². The minimum absolute atomic E-state index is 0.831. The van der Waals surface area contributed by atoms with Crippen LogP contribution in [0, 0.1) is 0 Å². The van der Waals surface area contributed by atoms with Crippen LogP contribution in [0.4, 0.5) is 0 Å². The first-order valence-electron chi connectivity index (χ1n) is 5.06. The van der Waals surface area contributed by atoms with Gasteiger partial charge in [0.25, 0.3) is 0 Å². The molecule has 80 valence electrons. The Morgan fingerprint density at radius 2 is 2.21 bits per heavy atom. The number of rotatable bonds is 7. The fraction of sp³-hybridized carbons (Fsp3) is 0.778. The number of nitrogens with zero attached hydrogens (tertiary/aromatic N) is 3. The average molecular weight is 214 g/mol. The van der Waals surface area contributed by atoms with Crippen molar-refractivity contribution in [2.24, 2.45) is 0 Å². The van der Waals surface area contributed by atoms with E-state index in [0.717, 1.165) is 38.4 Å². The molecule has 0 saturated carbocycles. The van der Waals surface area contributed by atoms with Crippen molar-refractivity contribution < 1.29 is 0 Å². The zero-order valence-electron chi connectivity index (χ0n) is 8.86. The van der Waals surface area contributed by atoms with Crippen molar-refractivity contribution in [2.45, 2.75) is 20.4 Å². The van der Waals surface area contributed by atoms with Crippen molar-refractivity contribution in [2.75, 3.05) is 26.2 Å². The Morgan fingerprint density at radius 3 is 2.79 bits per heavy atom. The number of likely N-dealkylation sites (N-methyl/N-ethyl adjacent to an activating group) is 1. The molecule has 14 heavy (non-hydrogen) atoms. The van der Waals surface area contributed by atoms with E-state index in [2.05, 4.69) is 32.8 Å². The first kappa shape index (κ1) is 11.6. The monoisotopic (exact) mass is 214 g/mol. The second-order valence-corrected chi connectivity index (χ2v) is 3.66. The topological polar surface area (TPSA) is 41.0 Å². The third-order valence-electron chi connectivity index (χ3n) is 2.21. The van der Waals surface area contributed by atoms with E-state index in [1.165, 1.54) is 11.7 Å². The van der Waals surface area contributed by atoms with Gasteiger partial charge in [-0.1, -0.05) is 13.8 Å². The fourth-order valence-electron chi connectivity index (χ4n) is 1.26. The first-order chi connectivity index (χ1) is 6.86. The summed E-state index contributed by atoms with van der Waals surface area (Å²) in [5.74, 6) is 0. The fourth-order valence-corrected chi connectivity index (χ4v) is 1.69. The normalized spacial score (nSPS) is 11.1. The summed E-state index contributed by atoms with van der Waals surface area (Å²) in [6, 6.07) is 0. The van der Waals surface area contributed by atoms with Crippen molar-refractivity contribution >= 4 is 11.7 Å². The summed E-state index contributed by atoms with van der Waals surface area (Å²) >= 11 is 1.26. The Bertz CT molecular complexity index is 221. The van der Waals surface area contributed by atoms with Gasteiger partial charge in [-0.3, -0.25) is 0 Å². The van der Waals surface area contributed by atoms with Gasteiger partial charge in [0.15, 0.2) is 0 Å². The van der Waals surface area contributed by atoms with Gasteiger partial charge in [0, 0.05) is 19.6 Å². The summed E-state index contributed by atoms with van der Waals surface area (Å²) < 4.78 is 8.08. The van der Waals surface area contributed by atoms with Crippen molar-refractivity contribution in [1.29, 1.82) is 0 Å². The average Bonchev–Trinajstić information content (AvgIpc) is 2.71. The molecule has 0 atom stereocenters. The largest absolute Gasteiger partial charge is 0.310 e. The van der Waals surface area contributed by atoms with Gasteiger partial charge in [-0.25, -0.2) is 0 Å². The highest BCUT2D eigenvalue weighted by atomic mass is 32.1. The van der Waals surface area contributed by atoms with E-state index >= 15 is 0 Å². The molecule has 5 heteroatoms. The van der Waals surface area contributed by atoms with E-state index < -0.39 is 0 Å². The second kappa shape index (κ2) is 6.86. The van der Waals surface area contributed by atoms with Crippen LogP contribution in [0.15, 0.2) is 6.20 Å². The summed E-state index contributed by atoms with van der Waals surface area (Å²) in [6.07, 6.45) is 1.81. The van der Waals surface area contributed by atoms with Gasteiger partial charge < -0.3 is 10.2 Å². The lowest BCUT2D eigenvalue weighted by Gasteiger charge is -2.17. The molecular formula is C9H18N4S. The molecular weight excluding hydrogens is 196 g/mol. The van der Waals surface area contributed by atoms with Gasteiger partial charge >= 0.3 is 0 Å². The van der Waals surface area contributed by atoms with Gasteiger partial charge in [-0.2, -0.15) is 8.75 Å². The molecule has 0 spiro atoms. The van der Waals surface area contributed by atoms with E-state index in [-0.39, 0.29) is 0 Å². The van der Waals surface area contributed by atoms with Crippen LogP contribution in [0.1, 0.15) is 19.5 Å². The van der Waals surface area contributed by atoms with E-state index in [1.807, 2.05) is 6.20 Å². The van der Waals surface area contributed by atoms with Crippen LogP contribution in [-0.4, -0.2) is 39.8 Å². The van der Waals surface area contributed by atoms with Crippen LogP contribution in [0.5, 0.6) is 0 Å². The number of hydrogen-bond donors (Lipinski definition) is 1. The molecule has 0 unspecified atom stereocenters. The highest BCUT2D eigenvalue weighted by molar-refractivity contribution is 6.99. The number of hydrogen-bond acceptors (Lipinski definition) is 5. The summed E-state index contributed by atoms with van der Waals surface area (Å²) in [5.41, 5.74) is 1.04.